The summed E-state index contributed by atoms with van der Waals surface area (Å²) in [5, 5.41) is 0. The van der Waals surface area contributed by atoms with E-state index in [1.54, 1.807) is 0 Å². The molecule has 146 valence electrons. The molecule has 2 aliphatic heterocycles. The Morgan fingerprint density at radius 2 is 1.48 bits per heavy atom. The Kier molecular flexibility index (Phi) is 4.32. The number of thioether (sulfide) groups is 1. The second-order valence-electron chi connectivity index (χ2n) is 8.23. The maximum atomic E-state index is 13.3. The number of carbonyl (C=O) groups excluding carboxylic acids is 1. The minimum Gasteiger partial charge on any atom is -0.296 e. The first kappa shape index (κ1) is 18.5. The van der Waals surface area contributed by atoms with Crippen LogP contribution in [0.15, 0.2) is 78.9 Å². The number of nitrogens with zero attached hydrogens (tertiary/aromatic N) is 1. The molecule has 3 heteroatoms. The molecule has 29 heavy (non-hydrogen) atoms. The Morgan fingerprint density at radius 3 is 2.03 bits per heavy atom. The molecule has 3 aromatic rings. The third-order valence-corrected chi connectivity index (χ3v) is 8.41. The normalized spacial score (nSPS) is 22.7. The number of carbonyl (C=O) groups is 1. The van der Waals surface area contributed by atoms with E-state index in [4.69, 9.17) is 0 Å². The molecule has 0 radical (unpaired) electrons. The van der Waals surface area contributed by atoms with Gasteiger partial charge >= 0.3 is 0 Å². The van der Waals surface area contributed by atoms with Gasteiger partial charge in [0, 0.05) is 17.9 Å². The van der Waals surface area contributed by atoms with E-state index in [2.05, 4.69) is 97.6 Å². The molecule has 2 aliphatic rings. The highest BCUT2D eigenvalue weighted by Crippen LogP contribution is 2.66. The number of rotatable bonds is 3. The predicted octanol–water partition coefficient (Wildman–Crippen LogP) is 5.86. The summed E-state index contributed by atoms with van der Waals surface area (Å²) in [6.45, 7) is 4.22. The summed E-state index contributed by atoms with van der Waals surface area (Å²) < 4.78 is 0. The smallest absolute Gasteiger partial charge is 0.228 e. The van der Waals surface area contributed by atoms with Crippen molar-refractivity contribution in [3.63, 3.8) is 0 Å². The molecule has 0 saturated carbocycles. The molecule has 0 aliphatic carbocycles. The van der Waals surface area contributed by atoms with Gasteiger partial charge in [-0.05, 0) is 48.6 Å². The van der Waals surface area contributed by atoms with Gasteiger partial charge in [-0.1, -0.05) is 72.8 Å². The van der Waals surface area contributed by atoms with Gasteiger partial charge in [0.05, 0.1) is 5.41 Å². The maximum Gasteiger partial charge on any atom is 0.228 e. The molecule has 0 N–H and O–H groups in total. The molecule has 2 nitrogen and oxygen atoms in total. The quantitative estimate of drug-likeness (QED) is 0.550. The fourth-order valence-corrected chi connectivity index (χ4v) is 7.06. The lowest BCUT2D eigenvalue weighted by Gasteiger charge is -2.61. The van der Waals surface area contributed by atoms with Crippen LogP contribution in [0.25, 0.3) is 0 Å². The lowest BCUT2D eigenvalue weighted by Crippen LogP contribution is -2.67. The van der Waals surface area contributed by atoms with Crippen LogP contribution in [0.4, 0.5) is 5.69 Å². The van der Waals surface area contributed by atoms with Crippen molar-refractivity contribution in [2.75, 3.05) is 10.7 Å². The lowest BCUT2D eigenvalue weighted by atomic mass is 9.67. The Bertz CT molecular complexity index is 1020. The van der Waals surface area contributed by atoms with E-state index in [9.17, 15) is 4.79 Å². The number of anilines is 1. The Labute approximate surface area is 176 Å². The average Bonchev–Trinajstić information content (AvgIpc) is 3.10. The summed E-state index contributed by atoms with van der Waals surface area (Å²) >= 11 is 1.94. The van der Waals surface area contributed by atoms with E-state index in [-0.39, 0.29) is 16.2 Å². The molecule has 2 fully saturated rings. The lowest BCUT2D eigenvalue weighted by molar-refractivity contribution is -0.117. The Hall–Kier alpha value is -2.52. The SMILES string of the molecule is Cc1ccc(C)c(N2C(=O)CC[C@@]23SCC3(c2ccccc2)c2ccccc2)c1. The molecule has 3 aromatic carbocycles. The summed E-state index contributed by atoms with van der Waals surface area (Å²) in [6.07, 6.45) is 1.47. The maximum absolute atomic E-state index is 13.3. The highest BCUT2D eigenvalue weighted by atomic mass is 32.2. The van der Waals surface area contributed by atoms with Crippen molar-refractivity contribution in [2.45, 2.75) is 37.0 Å². The van der Waals surface area contributed by atoms with Crippen molar-refractivity contribution in [1.82, 2.24) is 0 Å². The second-order valence-corrected chi connectivity index (χ2v) is 9.48. The average molecular weight is 400 g/mol. The van der Waals surface area contributed by atoms with E-state index >= 15 is 0 Å². The first-order valence-electron chi connectivity index (χ1n) is 10.2. The van der Waals surface area contributed by atoms with Crippen LogP contribution in [0.5, 0.6) is 0 Å². The predicted molar refractivity (Wildman–Crippen MR) is 121 cm³/mol. The van der Waals surface area contributed by atoms with Crippen LogP contribution in [0.2, 0.25) is 0 Å². The van der Waals surface area contributed by atoms with Crippen LogP contribution in [-0.4, -0.2) is 16.5 Å². The third kappa shape index (κ3) is 2.53. The zero-order valence-corrected chi connectivity index (χ0v) is 17.7. The first-order valence-corrected chi connectivity index (χ1v) is 11.2. The van der Waals surface area contributed by atoms with E-state index < -0.39 is 0 Å². The number of hydrogen-bond acceptors (Lipinski definition) is 2. The molecule has 1 spiro atoms. The monoisotopic (exact) mass is 399 g/mol. The van der Waals surface area contributed by atoms with Crippen molar-refractivity contribution in [3.05, 3.63) is 101 Å². The van der Waals surface area contributed by atoms with Gasteiger partial charge in [-0.3, -0.25) is 9.69 Å². The molecule has 1 amide bonds. The molecular formula is C26H25NOS. The standard InChI is InChI=1S/C26H25NOS/c1-19-13-14-20(2)23(17-19)27-24(28)15-16-26(27)25(18-29-26,21-9-5-3-6-10-21)22-11-7-4-8-12-22/h3-14,17H,15-16,18H2,1-2H3/t26-/m0/s1. The highest BCUT2D eigenvalue weighted by molar-refractivity contribution is 8.02. The third-order valence-electron chi connectivity index (χ3n) is 6.62. The summed E-state index contributed by atoms with van der Waals surface area (Å²) in [7, 11) is 0. The first-order chi connectivity index (χ1) is 14.1. The summed E-state index contributed by atoms with van der Waals surface area (Å²) in [5.74, 6) is 1.22. The zero-order valence-electron chi connectivity index (χ0n) is 16.9. The minimum absolute atomic E-state index is 0.206. The van der Waals surface area contributed by atoms with Gasteiger partial charge in [-0.15, -0.1) is 11.8 Å². The largest absolute Gasteiger partial charge is 0.296 e. The van der Waals surface area contributed by atoms with E-state index in [0.717, 1.165) is 23.4 Å². The van der Waals surface area contributed by atoms with Crippen molar-refractivity contribution in [2.24, 2.45) is 0 Å². The van der Waals surface area contributed by atoms with E-state index in [1.807, 2.05) is 11.8 Å². The molecule has 5 rings (SSSR count). The van der Waals surface area contributed by atoms with Crippen LogP contribution < -0.4 is 4.90 Å². The topological polar surface area (TPSA) is 20.3 Å². The molecular weight excluding hydrogens is 374 g/mol. The van der Waals surface area contributed by atoms with E-state index in [1.165, 1.54) is 16.7 Å². The van der Waals surface area contributed by atoms with Gasteiger partial charge in [0.25, 0.3) is 0 Å². The van der Waals surface area contributed by atoms with Gasteiger partial charge in [0.1, 0.15) is 4.87 Å². The summed E-state index contributed by atoms with van der Waals surface area (Å²) in [4.78, 5) is 15.2. The van der Waals surface area contributed by atoms with Gasteiger partial charge < -0.3 is 0 Å². The van der Waals surface area contributed by atoms with Gasteiger partial charge in [0.2, 0.25) is 5.91 Å². The molecule has 0 bridgehead atoms. The number of benzene rings is 3. The van der Waals surface area contributed by atoms with Crippen LogP contribution in [0.1, 0.15) is 35.1 Å². The highest BCUT2D eigenvalue weighted by Gasteiger charge is 2.68. The van der Waals surface area contributed by atoms with Crippen molar-refractivity contribution >= 4 is 23.4 Å². The zero-order chi connectivity index (χ0) is 20.1. The molecule has 0 aromatic heterocycles. The van der Waals surface area contributed by atoms with Gasteiger partial charge in [-0.2, -0.15) is 0 Å². The number of hydrogen-bond donors (Lipinski definition) is 0. The van der Waals surface area contributed by atoms with Crippen molar-refractivity contribution < 1.29 is 4.79 Å². The Balaban J connectivity index is 1.76. The van der Waals surface area contributed by atoms with Crippen molar-refractivity contribution in [3.8, 4) is 0 Å². The van der Waals surface area contributed by atoms with Crippen LogP contribution in [0.3, 0.4) is 0 Å². The van der Waals surface area contributed by atoms with Gasteiger partial charge in [0.15, 0.2) is 0 Å². The molecule has 2 saturated heterocycles. The van der Waals surface area contributed by atoms with Crippen LogP contribution in [-0.2, 0) is 10.2 Å². The number of amides is 1. The van der Waals surface area contributed by atoms with Crippen molar-refractivity contribution in [1.29, 1.82) is 0 Å². The molecule has 0 unspecified atom stereocenters. The van der Waals surface area contributed by atoms with Crippen LogP contribution in [0, 0.1) is 13.8 Å². The second kappa shape index (κ2) is 6.77. The summed E-state index contributed by atoms with van der Waals surface area (Å²) in [6, 6.07) is 28.0. The number of aryl methyl sites for hydroxylation is 2. The fraction of sp³-hybridized carbons (Fsp3) is 0.269. The summed E-state index contributed by atoms with van der Waals surface area (Å²) in [5.41, 5.74) is 5.81. The van der Waals surface area contributed by atoms with Crippen LogP contribution >= 0.6 is 11.8 Å². The molecule has 2 heterocycles. The molecule has 1 atom stereocenters. The Morgan fingerprint density at radius 1 is 0.862 bits per heavy atom. The minimum atomic E-state index is -0.286. The van der Waals surface area contributed by atoms with Gasteiger partial charge in [-0.25, -0.2) is 0 Å². The fourth-order valence-electron chi connectivity index (χ4n) is 5.14. The van der Waals surface area contributed by atoms with E-state index in [0.29, 0.717) is 6.42 Å².